The second-order valence-corrected chi connectivity index (χ2v) is 4.07. The van der Waals surface area contributed by atoms with Crippen molar-refractivity contribution < 1.29 is 14.3 Å². The third-order valence-electron chi connectivity index (χ3n) is 1.75. The van der Waals surface area contributed by atoms with Crippen molar-refractivity contribution in [3.8, 4) is 0 Å². The van der Waals surface area contributed by atoms with Crippen LogP contribution in [0.2, 0.25) is 0 Å². The monoisotopic (exact) mass is 201 g/mol. The van der Waals surface area contributed by atoms with Gasteiger partial charge in [-0.1, -0.05) is 6.92 Å². The maximum absolute atomic E-state index is 11.5. The highest BCUT2D eigenvalue weighted by Crippen LogP contribution is 2.14. The van der Waals surface area contributed by atoms with E-state index in [1.807, 2.05) is 27.7 Å². The van der Waals surface area contributed by atoms with Crippen LogP contribution in [0.1, 0.15) is 34.1 Å². The fraction of sp³-hybridized carbons (Fsp3) is 0.800. The lowest BCUT2D eigenvalue weighted by molar-refractivity contribution is -0.110. The molecule has 0 aromatic rings. The minimum absolute atomic E-state index is 0.172. The van der Waals surface area contributed by atoms with Crippen LogP contribution in [0.5, 0.6) is 0 Å². The lowest BCUT2D eigenvalue weighted by Crippen LogP contribution is -2.46. The Morgan fingerprint density at radius 3 is 2.36 bits per heavy atom. The molecule has 0 aliphatic carbocycles. The van der Waals surface area contributed by atoms with Crippen molar-refractivity contribution in [2.45, 2.75) is 39.7 Å². The molecule has 0 saturated heterocycles. The Morgan fingerprint density at radius 2 is 2.00 bits per heavy atom. The first-order valence-corrected chi connectivity index (χ1v) is 4.81. The standard InChI is InChI=1S/C10H19NO3/c1-5-6-11(10(2,3)4)9(13)14-8-7-12/h7H,5-6,8H2,1-4H3. The Kier molecular flexibility index (Phi) is 5.20. The van der Waals surface area contributed by atoms with E-state index in [9.17, 15) is 9.59 Å². The number of nitrogens with zero attached hydrogens (tertiary/aromatic N) is 1. The largest absolute Gasteiger partial charge is 0.442 e. The minimum Gasteiger partial charge on any atom is -0.442 e. The molecule has 14 heavy (non-hydrogen) atoms. The van der Waals surface area contributed by atoms with Gasteiger partial charge in [-0.15, -0.1) is 0 Å². The number of carbonyl (C=O) groups is 2. The van der Waals surface area contributed by atoms with Gasteiger partial charge in [0.15, 0.2) is 6.29 Å². The first-order valence-electron chi connectivity index (χ1n) is 4.81. The van der Waals surface area contributed by atoms with E-state index in [0.29, 0.717) is 12.8 Å². The Balaban J connectivity index is 4.33. The third-order valence-corrected chi connectivity index (χ3v) is 1.75. The zero-order valence-electron chi connectivity index (χ0n) is 9.37. The number of amides is 1. The fourth-order valence-electron chi connectivity index (χ4n) is 1.11. The van der Waals surface area contributed by atoms with Crippen LogP contribution in [-0.4, -0.2) is 36.0 Å². The number of hydrogen-bond donors (Lipinski definition) is 0. The van der Waals surface area contributed by atoms with Crippen LogP contribution in [-0.2, 0) is 9.53 Å². The third kappa shape index (κ3) is 4.25. The summed E-state index contributed by atoms with van der Waals surface area (Å²) >= 11 is 0. The molecule has 0 spiro atoms. The van der Waals surface area contributed by atoms with Crippen molar-refractivity contribution in [2.24, 2.45) is 0 Å². The summed E-state index contributed by atoms with van der Waals surface area (Å²) in [6, 6.07) is 0. The molecule has 0 aromatic carbocycles. The summed E-state index contributed by atoms with van der Waals surface area (Å²) in [5.41, 5.74) is -0.268. The van der Waals surface area contributed by atoms with Gasteiger partial charge < -0.3 is 9.64 Å². The van der Waals surface area contributed by atoms with Gasteiger partial charge in [0.05, 0.1) is 0 Å². The van der Waals surface area contributed by atoms with Gasteiger partial charge in [-0.25, -0.2) is 4.79 Å². The van der Waals surface area contributed by atoms with E-state index in [2.05, 4.69) is 0 Å². The van der Waals surface area contributed by atoms with Crippen LogP contribution in [0.3, 0.4) is 0 Å². The van der Waals surface area contributed by atoms with Gasteiger partial charge in [-0.3, -0.25) is 4.79 Å². The van der Waals surface area contributed by atoms with Gasteiger partial charge in [0.2, 0.25) is 0 Å². The second-order valence-electron chi connectivity index (χ2n) is 4.07. The number of aldehydes is 1. The first kappa shape index (κ1) is 12.9. The van der Waals surface area contributed by atoms with Crippen molar-refractivity contribution in [1.82, 2.24) is 4.90 Å². The van der Waals surface area contributed by atoms with Gasteiger partial charge in [0.25, 0.3) is 0 Å². The van der Waals surface area contributed by atoms with Gasteiger partial charge in [0.1, 0.15) is 6.61 Å². The summed E-state index contributed by atoms with van der Waals surface area (Å²) < 4.78 is 4.75. The molecule has 0 radical (unpaired) electrons. The molecule has 0 rings (SSSR count). The number of hydrogen-bond acceptors (Lipinski definition) is 3. The summed E-state index contributed by atoms with van der Waals surface area (Å²) in [7, 11) is 0. The van der Waals surface area contributed by atoms with E-state index in [-0.39, 0.29) is 12.1 Å². The fourth-order valence-corrected chi connectivity index (χ4v) is 1.11. The van der Waals surface area contributed by atoms with Crippen molar-refractivity contribution in [3.05, 3.63) is 0 Å². The Bertz CT molecular complexity index is 196. The maximum atomic E-state index is 11.5. The topological polar surface area (TPSA) is 46.6 Å². The van der Waals surface area contributed by atoms with Crippen LogP contribution in [0.4, 0.5) is 4.79 Å². The Morgan fingerprint density at radius 1 is 1.43 bits per heavy atom. The summed E-state index contributed by atoms with van der Waals surface area (Å²) in [5.74, 6) is 0. The van der Waals surface area contributed by atoms with E-state index in [1.54, 1.807) is 4.90 Å². The van der Waals surface area contributed by atoms with Crippen molar-refractivity contribution >= 4 is 12.4 Å². The van der Waals surface area contributed by atoms with Gasteiger partial charge in [0, 0.05) is 12.1 Å². The highest BCUT2D eigenvalue weighted by molar-refractivity contribution is 5.70. The van der Waals surface area contributed by atoms with Crippen LogP contribution in [0, 0.1) is 0 Å². The van der Waals surface area contributed by atoms with Crippen molar-refractivity contribution in [2.75, 3.05) is 13.2 Å². The maximum Gasteiger partial charge on any atom is 0.410 e. The van der Waals surface area contributed by atoms with Crippen molar-refractivity contribution in [3.63, 3.8) is 0 Å². The predicted molar refractivity (Wildman–Crippen MR) is 54.2 cm³/mol. The Hall–Kier alpha value is -1.06. The molecule has 4 heteroatoms. The summed E-state index contributed by atoms with van der Waals surface area (Å²) in [6.07, 6.45) is 1.02. The smallest absolute Gasteiger partial charge is 0.410 e. The Labute approximate surface area is 85.2 Å². The van der Waals surface area contributed by atoms with E-state index in [1.165, 1.54) is 0 Å². The van der Waals surface area contributed by atoms with E-state index in [0.717, 1.165) is 6.42 Å². The molecule has 0 N–H and O–H groups in total. The first-order chi connectivity index (χ1) is 6.43. The normalized spacial score (nSPS) is 10.9. The summed E-state index contributed by atoms with van der Waals surface area (Å²) in [5, 5.41) is 0. The van der Waals surface area contributed by atoms with Gasteiger partial charge in [-0.2, -0.15) is 0 Å². The molecular weight excluding hydrogens is 182 g/mol. The molecule has 4 nitrogen and oxygen atoms in total. The van der Waals surface area contributed by atoms with Gasteiger partial charge >= 0.3 is 6.09 Å². The summed E-state index contributed by atoms with van der Waals surface area (Å²) in [6.45, 7) is 8.27. The molecule has 1 amide bonds. The zero-order valence-corrected chi connectivity index (χ0v) is 9.37. The average molecular weight is 201 g/mol. The molecule has 0 saturated carbocycles. The highest BCUT2D eigenvalue weighted by Gasteiger charge is 2.26. The molecule has 0 heterocycles. The van der Waals surface area contributed by atoms with Crippen molar-refractivity contribution in [1.29, 1.82) is 0 Å². The van der Waals surface area contributed by atoms with Crippen LogP contribution < -0.4 is 0 Å². The molecule has 0 bridgehead atoms. The SMILES string of the molecule is CCCN(C(=O)OCC=O)C(C)(C)C. The number of rotatable bonds is 4. The molecule has 0 unspecified atom stereocenters. The minimum atomic E-state index is -0.425. The molecule has 0 fully saturated rings. The predicted octanol–water partition coefficient (Wildman–Crippen LogP) is 1.83. The number of ether oxygens (including phenoxy) is 1. The van der Waals surface area contributed by atoms with Crippen LogP contribution >= 0.6 is 0 Å². The van der Waals surface area contributed by atoms with E-state index < -0.39 is 6.09 Å². The highest BCUT2D eigenvalue weighted by atomic mass is 16.6. The molecule has 0 aromatic heterocycles. The summed E-state index contributed by atoms with van der Waals surface area (Å²) in [4.78, 5) is 23.1. The molecular formula is C10H19NO3. The quantitative estimate of drug-likeness (QED) is 0.652. The number of carbonyl (C=O) groups excluding carboxylic acids is 2. The zero-order chi connectivity index (χ0) is 11.2. The van der Waals surface area contributed by atoms with Crippen LogP contribution in [0.25, 0.3) is 0 Å². The molecule has 82 valence electrons. The van der Waals surface area contributed by atoms with Crippen LogP contribution in [0.15, 0.2) is 0 Å². The lowest BCUT2D eigenvalue weighted by atomic mass is 10.1. The average Bonchev–Trinajstić information content (AvgIpc) is 2.08. The molecule has 0 atom stereocenters. The molecule has 0 aliphatic heterocycles. The van der Waals surface area contributed by atoms with Gasteiger partial charge in [-0.05, 0) is 27.2 Å². The lowest BCUT2D eigenvalue weighted by Gasteiger charge is -2.34. The van der Waals surface area contributed by atoms with E-state index >= 15 is 0 Å². The molecule has 0 aliphatic rings. The van der Waals surface area contributed by atoms with E-state index in [4.69, 9.17) is 4.74 Å². The second kappa shape index (κ2) is 5.62.